The van der Waals surface area contributed by atoms with E-state index in [9.17, 15) is 0 Å². The van der Waals surface area contributed by atoms with Crippen LogP contribution in [-0.2, 0) is 0 Å². The largest absolute Gasteiger partial charge is 0.440 e. The lowest BCUT2D eigenvalue weighted by Gasteiger charge is -1.90. The molecule has 0 atom stereocenters. The third kappa shape index (κ3) is 2.40. The fraction of sp³-hybridized carbons (Fsp3) is 0. The zero-order valence-corrected chi connectivity index (χ0v) is 15.3. The van der Waals surface area contributed by atoms with E-state index >= 15 is 0 Å². The summed E-state index contributed by atoms with van der Waals surface area (Å²) in [6, 6.07) is 7.79. The fourth-order valence-corrected chi connectivity index (χ4v) is 4.70. The average Bonchev–Trinajstić information content (AvgIpc) is 3.42. The van der Waals surface area contributed by atoms with Crippen LogP contribution < -0.4 is 9.13 Å². The Bertz CT molecular complexity index is 1420. The van der Waals surface area contributed by atoms with Crippen LogP contribution in [0.25, 0.3) is 41.9 Å². The molecule has 6 aromatic heterocycles. The summed E-state index contributed by atoms with van der Waals surface area (Å²) in [5, 5.41) is 1.75. The van der Waals surface area contributed by atoms with Gasteiger partial charge in [-0.1, -0.05) is 0 Å². The third-order valence-corrected chi connectivity index (χ3v) is 6.20. The second-order valence-electron chi connectivity index (χ2n) is 5.88. The average molecular weight is 390 g/mol. The first-order valence-corrected chi connectivity index (χ1v) is 9.75. The minimum atomic E-state index is 0.730. The molecule has 0 saturated heterocycles. The molecular weight excluding hydrogens is 380 g/mol. The van der Waals surface area contributed by atoms with Gasteiger partial charge in [-0.3, -0.25) is 0 Å². The van der Waals surface area contributed by atoms with Crippen LogP contribution in [0.2, 0.25) is 0 Å². The zero-order chi connectivity index (χ0) is 17.8. The number of thiazole rings is 2. The molecule has 7 nitrogen and oxygen atoms in total. The van der Waals surface area contributed by atoms with Crippen LogP contribution >= 0.6 is 22.7 Å². The summed E-state index contributed by atoms with van der Waals surface area (Å²) >= 11 is 3.17. The quantitative estimate of drug-likeness (QED) is 0.425. The van der Waals surface area contributed by atoms with Crippen LogP contribution in [0.5, 0.6) is 0 Å². The third-order valence-electron chi connectivity index (χ3n) is 4.19. The predicted octanol–water partition coefficient (Wildman–Crippen LogP) is 3.00. The Hall–Kier alpha value is -3.30. The molecule has 128 valence electrons. The van der Waals surface area contributed by atoms with Crippen molar-refractivity contribution in [3.63, 3.8) is 0 Å². The molecule has 9 heteroatoms. The van der Waals surface area contributed by atoms with Crippen molar-refractivity contribution in [2.45, 2.75) is 0 Å². The van der Waals surface area contributed by atoms with Gasteiger partial charge in [0, 0.05) is 18.3 Å². The Kier molecular flexibility index (Phi) is 3.07. The van der Waals surface area contributed by atoms with Gasteiger partial charge in [0.15, 0.2) is 16.8 Å². The first-order valence-electron chi connectivity index (χ1n) is 8.12. The molecule has 0 unspecified atom stereocenters. The molecule has 6 aromatic rings. The molecule has 0 aliphatic heterocycles. The van der Waals surface area contributed by atoms with E-state index in [4.69, 9.17) is 9.40 Å². The van der Waals surface area contributed by atoms with Gasteiger partial charge in [-0.15, -0.1) is 0 Å². The van der Waals surface area contributed by atoms with Gasteiger partial charge in [0.05, 0.1) is 6.20 Å². The number of hydrogen-bond acceptors (Lipinski definition) is 7. The molecule has 0 aliphatic rings. The lowest BCUT2D eigenvalue weighted by Crippen LogP contribution is -2.28. The van der Waals surface area contributed by atoms with Crippen molar-refractivity contribution in [3.8, 4) is 10.3 Å². The molecule has 0 bridgehead atoms. The lowest BCUT2D eigenvalue weighted by atomic mass is 10.4. The Morgan fingerprint density at radius 3 is 2.56 bits per heavy atom. The van der Waals surface area contributed by atoms with Gasteiger partial charge in [0.1, 0.15) is 28.8 Å². The summed E-state index contributed by atoms with van der Waals surface area (Å²) in [6.45, 7) is 0. The minimum Gasteiger partial charge on any atom is -0.440 e. The Balaban J connectivity index is 1.46. The van der Waals surface area contributed by atoms with E-state index < -0.39 is 0 Å². The summed E-state index contributed by atoms with van der Waals surface area (Å²) in [5.74, 6) is 0. The van der Waals surface area contributed by atoms with E-state index in [0.717, 1.165) is 41.9 Å². The van der Waals surface area contributed by atoms with Crippen molar-refractivity contribution in [1.82, 2.24) is 19.9 Å². The van der Waals surface area contributed by atoms with Crippen LogP contribution in [-0.4, -0.2) is 19.9 Å². The Morgan fingerprint density at radius 2 is 1.63 bits per heavy atom. The Labute approximate surface area is 159 Å². The summed E-state index contributed by atoms with van der Waals surface area (Å²) in [6.07, 6.45) is 11.1. The van der Waals surface area contributed by atoms with E-state index in [2.05, 4.69) is 21.1 Å². The topological polar surface area (TPSA) is 72.5 Å². The summed E-state index contributed by atoms with van der Waals surface area (Å²) in [4.78, 5) is 18.8. The lowest BCUT2D eigenvalue weighted by molar-refractivity contribution is -0.594. The molecule has 0 aromatic carbocycles. The van der Waals surface area contributed by atoms with E-state index in [0.29, 0.717) is 0 Å². The highest BCUT2D eigenvalue weighted by Crippen LogP contribution is 2.23. The molecule has 0 amide bonds. The number of nitrogens with zero attached hydrogens (tertiary/aromatic N) is 6. The number of aromatic nitrogens is 6. The van der Waals surface area contributed by atoms with Crippen LogP contribution in [0, 0.1) is 0 Å². The fourth-order valence-electron chi connectivity index (χ4n) is 2.89. The van der Waals surface area contributed by atoms with Gasteiger partial charge < -0.3 is 4.42 Å². The molecule has 0 N–H and O–H groups in total. The SMILES string of the molecule is c1cnc2sc(-[n+]3ccc4nc(-[n+]5ccc6ncoc6c5)sc4c3)nc2c1. The molecule has 0 aliphatic carbocycles. The minimum absolute atomic E-state index is 0.730. The van der Waals surface area contributed by atoms with Gasteiger partial charge in [0.2, 0.25) is 11.0 Å². The van der Waals surface area contributed by atoms with E-state index in [1.54, 1.807) is 28.9 Å². The predicted molar refractivity (Wildman–Crippen MR) is 101 cm³/mol. The maximum atomic E-state index is 5.39. The second kappa shape index (κ2) is 5.60. The van der Waals surface area contributed by atoms with Crippen LogP contribution in [0.3, 0.4) is 0 Å². The molecule has 0 saturated carbocycles. The van der Waals surface area contributed by atoms with Crippen molar-refractivity contribution in [3.05, 3.63) is 61.6 Å². The molecular formula is C18H10N6OS2+2. The van der Waals surface area contributed by atoms with Crippen molar-refractivity contribution in [1.29, 1.82) is 0 Å². The van der Waals surface area contributed by atoms with Crippen LogP contribution in [0.15, 0.2) is 66.1 Å². The molecule has 0 radical (unpaired) electrons. The second-order valence-corrected chi connectivity index (χ2v) is 7.84. The summed E-state index contributed by atoms with van der Waals surface area (Å²) in [7, 11) is 0. The monoisotopic (exact) mass is 390 g/mol. The van der Waals surface area contributed by atoms with Gasteiger partial charge in [-0.05, 0) is 44.8 Å². The standard InChI is InChI=1S/C18H10N6OS2/c1-2-13-16(19-5-1)27-18(22-13)24-7-4-12-15(9-24)26-17(21-12)23-6-3-11-14(8-23)25-10-20-11/h1-10H/q+2. The molecule has 27 heavy (non-hydrogen) atoms. The molecule has 0 fully saturated rings. The zero-order valence-electron chi connectivity index (χ0n) is 13.7. The first-order chi connectivity index (χ1) is 13.3. The van der Waals surface area contributed by atoms with E-state index in [1.807, 2.05) is 52.0 Å². The van der Waals surface area contributed by atoms with Gasteiger partial charge in [-0.25, -0.2) is 9.97 Å². The van der Waals surface area contributed by atoms with Crippen molar-refractivity contribution < 1.29 is 13.6 Å². The number of fused-ring (bicyclic) bond motifs is 3. The maximum absolute atomic E-state index is 5.39. The van der Waals surface area contributed by atoms with E-state index in [1.165, 1.54) is 6.39 Å². The van der Waals surface area contributed by atoms with Gasteiger partial charge in [-0.2, -0.15) is 9.13 Å². The Morgan fingerprint density at radius 1 is 0.815 bits per heavy atom. The van der Waals surface area contributed by atoms with E-state index in [-0.39, 0.29) is 0 Å². The first kappa shape index (κ1) is 14.8. The highest BCUT2D eigenvalue weighted by molar-refractivity contribution is 7.20. The smallest absolute Gasteiger partial charge is 0.389 e. The van der Waals surface area contributed by atoms with Crippen molar-refractivity contribution in [2.24, 2.45) is 0 Å². The number of hydrogen-bond donors (Lipinski definition) is 0. The highest BCUT2D eigenvalue weighted by Gasteiger charge is 2.21. The van der Waals surface area contributed by atoms with Crippen LogP contribution in [0.1, 0.15) is 0 Å². The van der Waals surface area contributed by atoms with Gasteiger partial charge in [0.25, 0.3) is 0 Å². The normalized spacial score (nSPS) is 11.7. The van der Waals surface area contributed by atoms with Crippen molar-refractivity contribution in [2.75, 3.05) is 0 Å². The number of rotatable bonds is 2. The molecule has 6 heterocycles. The van der Waals surface area contributed by atoms with Crippen LogP contribution in [0.4, 0.5) is 0 Å². The molecule has 6 rings (SSSR count). The number of oxazole rings is 1. The maximum Gasteiger partial charge on any atom is 0.389 e. The van der Waals surface area contributed by atoms with Crippen molar-refractivity contribution >= 4 is 54.3 Å². The molecule has 0 spiro atoms. The number of pyridine rings is 3. The summed E-state index contributed by atoms with van der Waals surface area (Å²) in [5.41, 5.74) is 3.41. The van der Waals surface area contributed by atoms with Gasteiger partial charge >= 0.3 is 10.3 Å². The highest BCUT2D eigenvalue weighted by atomic mass is 32.1. The summed E-state index contributed by atoms with van der Waals surface area (Å²) < 4.78 is 10.4.